The molecule has 0 radical (unpaired) electrons. The Kier molecular flexibility index (Phi) is 30.0. The zero-order valence-electron chi connectivity index (χ0n) is 24.4. The minimum atomic E-state index is 0.201. The quantitative estimate of drug-likeness (QED) is 0.0971. The molecule has 0 heterocycles. The maximum Gasteiger partial charge on any atom is 0.0586 e. The summed E-state index contributed by atoms with van der Waals surface area (Å²) in [6, 6.07) is 0.235. The number of rotatable bonds is 30. The van der Waals surface area contributed by atoms with E-state index in [2.05, 4.69) is 18.7 Å². The summed E-state index contributed by atoms with van der Waals surface area (Å²) in [5, 5.41) is 19.4. The zero-order chi connectivity index (χ0) is 25.7. The molecule has 0 saturated heterocycles. The van der Waals surface area contributed by atoms with E-state index in [1.807, 2.05) is 0 Å². The topological polar surface area (TPSA) is 43.7 Å². The van der Waals surface area contributed by atoms with Crippen LogP contribution in [0.1, 0.15) is 174 Å². The van der Waals surface area contributed by atoms with Gasteiger partial charge in [-0.05, 0) is 19.4 Å². The number of hydrogen-bond donors (Lipinski definition) is 2. The second kappa shape index (κ2) is 30.1. The highest BCUT2D eigenvalue weighted by Gasteiger charge is 2.16. The molecule has 1 atom stereocenters. The van der Waals surface area contributed by atoms with Crippen LogP contribution in [0, 0.1) is 0 Å². The van der Waals surface area contributed by atoms with Crippen molar-refractivity contribution in [3.05, 3.63) is 0 Å². The summed E-state index contributed by atoms with van der Waals surface area (Å²) >= 11 is 0. The standard InChI is InChI=1S/C32H67NO2/c1-3-5-7-9-11-13-14-15-16-17-18-19-20-21-23-25-27-32(31-35)33(29-30-34)28-26-24-22-12-10-8-6-4-2/h32,34-35H,3-31H2,1-2H3. The predicted octanol–water partition coefficient (Wildman–Crippen LogP) is 9.43. The Morgan fingerprint density at radius 3 is 1.11 bits per heavy atom. The van der Waals surface area contributed by atoms with Crippen LogP contribution in [-0.2, 0) is 0 Å². The Bertz CT molecular complexity index is 377. The monoisotopic (exact) mass is 498 g/mol. The molecule has 0 fully saturated rings. The van der Waals surface area contributed by atoms with Crippen LogP contribution in [0.2, 0.25) is 0 Å². The van der Waals surface area contributed by atoms with E-state index in [0.717, 1.165) is 13.0 Å². The van der Waals surface area contributed by atoms with Crippen molar-refractivity contribution in [3.63, 3.8) is 0 Å². The minimum absolute atomic E-state index is 0.201. The summed E-state index contributed by atoms with van der Waals surface area (Å²) in [5.74, 6) is 0. The molecule has 0 aromatic carbocycles. The lowest BCUT2D eigenvalue weighted by atomic mass is 10.0. The van der Waals surface area contributed by atoms with E-state index in [-0.39, 0.29) is 19.3 Å². The molecule has 0 rings (SSSR count). The fraction of sp³-hybridized carbons (Fsp3) is 1.00. The molecular weight excluding hydrogens is 430 g/mol. The van der Waals surface area contributed by atoms with Gasteiger partial charge in [0.1, 0.15) is 0 Å². The van der Waals surface area contributed by atoms with Crippen molar-refractivity contribution >= 4 is 0 Å². The lowest BCUT2D eigenvalue weighted by Crippen LogP contribution is -2.40. The fourth-order valence-electron chi connectivity index (χ4n) is 5.37. The Balaban J connectivity index is 3.62. The highest BCUT2D eigenvalue weighted by Crippen LogP contribution is 2.16. The number of aliphatic hydroxyl groups is 2. The van der Waals surface area contributed by atoms with Gasteiger partial charge < -0.3 is 10.2 Å². The van der Waals surface area contributed by atoms with E-state index in [0.29, 0.717) is 6.54 Å². The van der Waals surface area contributed by atoms with Crippen molar-refractivity contribution in [1.82, 2.24) is 4.90 Å². The van der Waals surface area contributed by atoms with Gasteiger partial charge in [0.15, 0.2) is 0 Å². The predicted molar refractivity (Wildman–Crippen MR) is 156 cm³/mol. The lowest BCUT2D eigenvalue weighted by Gasteiger charge is -2.30. The zero-order valence-corrected chi connectivity index (χ0v) is 24.4. The molecule has 0 aromatic heterocycles. The molecule has 2 N–H and O–H groups in total. The summed E-state index contributed by atoms with van der Waals surface area (Å²) in [6.07, 6.45) is 34.1. The fourth-order valence-corrected chi connectivity index (χ4v) is 5.37. The second-order valence-corrected chi connectivity index (χ2v) is 11.2. The van der Waals surface area contributed by atoms with Gasteiger partial charge in [-0.1, -0.05) is 162 Å². The molecule has 0 bridgehead atoms. The molecule has 0 aliphatic rings. The van der Waals surface area contributed by atoms with Crippen molar-refractivity contribution in [2.75, 3.05) is 26.3 Å². The van der Waals surface area contributed by atoms with Crippen LogP contribution in [0.5, 0.6) is 0 Å². The molecule has 0 aliphatic heterocycles. The van der Waals surface area contributed by atoms with Gasteiger partial charge in [0.25, 0.3) is 0 Å². The first kappa shape index (κ1) is 34.9. The first-order chi connectivity index (χ1) is 17.3. The molecule has 0 spiro atoms. The van der Waals surface area contributed by atoms with Crippen molar-refractivity contribution in [2.45, 2.75) is 180 Å². The molecule has 35 heavy (non-hydrogen) atoms. The SMILES string of the molecule is CCCCCCCCCCCCCCCCCCC(CO)N(CCO)CCCCCCCCCC. The van der Waals surface area contributed by atoms with Gasteiger partial charge in [0, 0.05) is 12.6 Å². The van der Waals surface area contributed by atoms with E-state index in [9.17, 15) is 10.2 Å². The highest BCUT2D eigenvalue weighted by molar-refractivity contribution is 4.71. The number of nitrogens with zero attached hydrogens (tertiary/aromatic N) is 1. The van der Waals surface area contributed by atoms with Crippen molar-refractivity contribution in [2.24, 2.45) is 0 Å². The van der Waals surface area contributed by atoms with Gasteiger partial charge >= 0.3 is 0 Å². The number of hydrogen-bond acceptors (Lipinski definition) is 3. The van der Waals surface area contributed by atoms with Gasteiger partial charge in [-0.3, -0.25) is 4.90 Å². The van der Waals surface area contributed by atoms with Gasteiger partial charge in [-0.25, -0.2) is 0 Å². The highest BCUT2D eigenvalue weighted by atomic mass is 16.3. The van der Waals surface area contributed by atoms with Gasteiger partial charge in [0.2, 0.25) is 0 Å². The molecule has 0 aliphatic carbocycles. The van der Waals surface area contributed by atoms with Crippen LogP contribution in [0.3, 0.4) is 0 Å². The Morgan fingerprint density at radius 2 is 0.771 bits per heavy atom. The Hall–Kier alpha value is -0.120. The number of unbranched alkanes of at least 4 members (excludes halogenated alkanes) is 22. The molecule has 0 aromatic rings. The van der Waals surface area contributed by atoms with E-state index in [1.165, 1.54) is 154 Å². The van der Waals surface area contributed by atoms with Gasteiger partial charge in [-0.2, -0.15) is 0 Å². The molecule has 3 nitrogen and oxygen atoms in total. The van der Waals surface area contributed by atoms with Gasteiger partial charge in [0.05, 0.1) is 13.2 Å². The summed E-state index contributed by atoms with van der Waals surface area (Å²) in [6.45, 7) is 6.73. The Morgan fingerprint density at radius 1 is 0.429 bits per heavy atom. The smallest absolute Gasteiger partial charge is 0.0586 e. The van der Waals surface area contributed by atoms with E-state index < -0.39 is 0 Å². The molecule has 0 amide bonds. The first-order valence-electron chi connectivity index (χ1n) is 16.3. The Labute approximate surface area is 221 Å². The number of aliphatic hydroxyl groups excluding tert-OH is 2. The van der Waals surface area contributed by atoms with Crippen LogP contribution in [0.15, 0.2) is 0 Å². The van der Waals surface area contributed by atoms with E-state index in [1.54, 1.807) is 0 Å². The lowest BCUT2D eigenvalue weighted by molar-refractivity contribution is 0.0926. The van der Waals surface area contributed by atoms with Crippen molar-refractivity contribution < 1.29 is 10.2 Å². The van der Waals surface area contributed by atoms with E-state index in [4.69, 9.17) is 0 Å². The van der Waals surface area contributed by atoms with Crippen LogP contribution in [-0.4, -0.2) is 47.5 Å². The third-order valence-electron chi connectivity index (χ3n) is 7.80. The molecule has 3 heteroatoms. The summed E-state index contributed by atoms with van der Waals surface area (Å²) in [4.78, 5) is 2.35. The summed E-state index contributed by atoms with van der Waals surface area (Å²) in [5.41, 5.74) is 0. The van der Waals surface area contributed by atoms with E-state index >= 15 is 0 Å². The molecule has 1 unspecified atom stereocenters. The minimum Gasteiger partial charge on any atom is -0.395 e. The maximum absolute atomic E-state index is 9.95. The molecule has 212 valence electrons. The summed E-state index contributed by atoms with van der Waals surface area (Å²) in [7, 11) is 0. The third-order valence-corrected chi connectivity index (χ3v) is 7.80. The molecular formula is C32H67NO2. The average Bonchev–Trinajstić information content (AvgIpc) is 2.87. The second-order valence-electron chi connectivity index (χ2n) is 11.2. The van der Waals surface area contributed by atoms with Gasteiger partial charge in [-0.15, -0.1) is 0 Å². The van der Waals surface area contributed by atoms with Crippen LogP contribution < -0.4 is 0 Å². The van der Waals surface area contributed by atoms with Crippen LogP contribution in [0.4, 0.5) is 0 Å². The third kappa shape index (κ3) is 25.3. The van der Waals surface area contributed by atoms with Crippen molar-refractivity contribution in [1.29, 1.82) is 0 Å². The van der Waals surface area contributed by atoms with Crippen LogP contribution in [0.25, 0.3) is 0 Å². The maximum atomic E-state index is 9.95. The first-order valence-corrected chi connectivity index (χ1v) is 16.3. The largest absolute Gasteiger partial charge is 0.395 e. The average molecular weight is 498 g/mol. The van der Waals surface area contributed by atoms with Crippen molar-refractivity contribution in [3.8, 4) is 0 Å². The van der Waals surface area contributed by atoms with Crippen LogP contribution >= 0.6 is 0 Å². The summed E-state index contributed by atoms with van der Waals surface area (Å²) < 4.78 is 0. The molecule has 0 saturated carbocycles. The normalized spacial score (nSPS) is 12.6.